The number of aromatic nitrogens is 1. The number of thiazole rings is 1. The van der Waals surface area contributed by atoms with Crippen molar-refractivity contribution in [1.82, 2.24) is 14.8 Å². The second-order valence-corrected chi connectivity index (χ2v) is 9.34. The Bertz CT molecular complexity index is 1030. The molecule has 0 unspecified atom stereocenters. The Morgan fingerprint density at radius 2 is 1.90 bits per heavy atom. The summed E-state index contributed by atoms with van der Waals surface area (Å²) in [4.78, 5) is 22.2. The SMILES string of the molecule is O=C(CN1CC=C(c2ccccc2)CC1)N1CCC[C@H](c2nc3ccccc3s2)C1. The minimum absolute atomic E-state index is 0.261. The number of hydrogen-bond acceptors (Lipinski definition) is 4. The van der Waals surface area contributed by atoms with Crippen LogP contribution in [0.25, 0.3) is 15.8 Å². The second-order valence-electron chi connectivity index (χ2n) is 8.28. The van der Waals surface area contributed by atoms with E-state index < -0.39 is 0 Å². The molecule has 1 amide bonds. The summed E-state index contributed by atoms with van der Waals surface area (Å²) in [6, 6.07) is 18.9. The number of carbonyl (C=O) groups excluding carboxylic acids is 1. The number of amides is 1. The number of hydrogen-bond donors (Lipinski definition) is 0. The summed E-state index contributed by atoms with van der Waals surface area (Å²) in [6.45, 7) is 3.99. The highest BCUT2D eigenvalue weighted by atomic mass is 32.1. The molecule has 0 bridgehead atoms. The van der Waals surface area contributed by atoms with Gasteiger partial charge in [0.1, 0.15) is 0 Å². The van der Waals surface area contributed by atoms with Crippen molar-refractivity contribution in [2.45, 2.75) is 25.2 Å². The normalized spacial score (nSPS) is 20.3. The zero-order valence-electron chi connectivity index (χ0n) is 17.2. The highest BCUT2D eigenvalue weighted by Crippen LogP contribution is 2.33. The lowest BCUT2D eigenvalue weighted by Gasteiger charge is -2.34. The van der Waals surface area contributed by atoms with Crippen LogP contribution in [0.2, 0.25) is 0 Å². The number of para-hydroxylation sites is 1. The number of piperidine rings is 1. The van der Waals surface area contributed by atoms with E-state index in [0.29, 0.717) is 12.5 Å². The first-order valence-corrected chi connectivity index (χ1v) is 11.7. The summed E-state index contributed by atoms with van der Waals surface area (Å²) >= 11 is 1.78. The summed E-state index contributed by atoms with van der Waals surface area (Å²) in [7, 11) is 0. The van der Waals surface area contributed by atoms with Crippen LogP contribution in [0.15, 0.2) is 60.7 Å². The topological polar surface area (TPSA) is 36.4 Å². The standard InChI is InChI=1S/C25H27N3OS/c29-24(18-27-15-12-20(13-16-27)19-7-2-1-3-8-19)28-14-6-9-21(17-28)25-26-22-10-4-5-11-23(22)30-25/h1-5,7-8,10-12,21H,6,9,13-18H2/t21-/m0/s1. The average Bonchev–Trinajstić information content (AvgIpc) is 3.25. The van der Waals surface area contributed by atoms with Crippen molar-refractivity contribution in [3.05, 3.63) is 71.2 Å². The molecular weight excluding hydrogens is 390 g/mol. The fourth-order valence-corrected chi connectivity index (χ4v) is 5.62. The second kappa shape index (κ2) is 8.70. The zero-order valence-corrected chi connectivity index (χ0v) is 18.0. The monoisotopic (exact) mass is 417 g/mol. The van der Waals surface area contributed by atoms with Gasteiger partial charge in [-0.25, -0.2) is 4.98 Å². The van der Waals surface area contributed by atoms with Crippen molar-refractivity contribution in [2.75, 3.05) is 32.7 Å². The summed E-state index contributed by atoms with van der Waals surface area (Å²) in [5.74, 6) is 0.628. The number of rotatable bonds is 4. The van der Waals surface area contributed by atoms with Gasteiger partial charge >= 0.3 is 0 Å². The van der Waals surface area contributed by atoms with Crippen molar-refractivity contribution in [1.29, 1.82) is 0 Å². The van der Waals surface area contributed by atoms with Crippen molar-refractivity contribution in [3.63, 3.8) is 0 Å². The minimum atomic E-state index is 0.261. The Balaban J connectivity index is 1.20. The van der Waals surface area contributed by atoms with E-state index in [-0.39, 0.29) is 5.91 Å². The van der Waals surface area contributed by atoms with Crippen LogP contribution in [0, 0.1) is 0 Å². The Labute approximate surface area is 181 Å². The van der Waals surface area contributed by atoms with Crippen molar-refractivity contribution >= 4 is 33.0 Å². The number of nitrogens with zero attached hydrogens (tertiary/aromatic N) is 3. The van der Waals surface area contributed by atoms with Gasteiger partial charge in [0.25, 0.3) is 0 Å². The molecule has 154 valence electrons. The predicted molar refractivity (Wildman–Crippen MR) is 124 cm³/mol. The molecule has 3 heterocycles. The van der Waals surface area contributed by atoms with Gasteiger partial charge in [0.05, 0.1) is 21.8 Å². The molecule has 0 radical (unpaired) electrons. The maximum absolute atomic E-state index is 13.0. The fourth-order valence-electron chi connectivity index (χ4n) is 4.53. The number of fused-ring (bicyclic) bond motifs is 1. The van der Waals surface area contributed by atoms with Crippen molar-refractivity contribution < 1.29 is 4.79 Å². The van der Waals surface area contributed by atoms with E-state index >= 15 is 0 Å². The van der Waals surface area contributed by atoms with Crippen molar-refractivity contribution in [2.24, 2.45) is 0 Å². The van der Waals surface area contributed by atoms with Gasteiger partial charge in [0.2, 0.25) is 5.91 Å². The number of likely N-dealkylation sites (tertiary alicyclic amines) is 1. The lowest BCUT2D eigenvalue weighted by atomic mass is 9.98. The summed E-state index contributed by atoms with van der Waals surface area (Å²) < 4.78 is 1.24. The molecule has 2 aliphatic heterocycles. The molecule has 0 N–H and O–H groups in total. The fraction of sp³-hybridized carbons (Fsp3) is 0.360. The van der Waals surface area contributed by atoms with Crippen molar-refractivity contribution in [3.8, 4) is 0 Å². The van der Waals surface area contributed by atoms with Gasteiger partial charge in [-0.2, -0.15) is 0 Å². The van der Waals surface area contributed by atoms with E-state index in [1.54, 1.807) is 11.3 Å². The third-order valence-electron chi connectivity index (χ3n) is 6.23. The maximum atomic E-state index is 13.0. The molecule has 0 saturated carbocycles. The summed E-state index contributed by atoms with van der Waals surface area (Å²) in [5.41, 5.74) is 3.78. The Morgan fingerprint density at radius 1 is 1.07 bits per heavy atom. The van der Waals surface area contributed by atoms with Crippen LogP contribution in [0.5, 0.6) is 0 Å². The molecule has 30 heavy (non-hydrogen) atoms. The smallest absolute Gasteiger partial charge is 0.236 e. The lowest BCUT2D eigenvalue weighted by Crippen LogP contribution is -2.45. The molecule has 5 heteroatoms. The van der Waals surface area contributed by atoms with Gasteiger partial charge < -0.3 is 4.90 Å². The zero-order chi connectivity index (χ0) is 20.3. The Morgan fingerprint density at radius 3 is 2.70 bits per heavy atom. The Kier molecular flexibility index (Phi) is 5.65. The van der Waals surface area contributed by atoms with Crippen LogP contribution in [0.1, 0.15) is 35.8 Å². The first kappa shape index (κ1) is 19.5. The first-order valence-electron chi connectivity index (χ1n) is 10.9. The van der Waals surface area contributed by atoms with E-state index in [0.717, 1.165) is 51.0 Å². The number of carbonyl (C=O) groups is 1. The van der Waals surface area contributed by atoms with E-state index in [2.05, 4.69) is 64.4 Å². The van der Waals surface area contributed by atoms with Gasteiger partial charge in [-0.3, -0.25) is 9.69 Å². The van der Waals surface area contributed by atoms with E-state index in [4.69, 9.17) is 4.98 Å². The molecule has 0 spiro atoms. The predicted octanol–water partition coefficient (Wildman–Crippen LogP) is 4.79. The molecule has 0 aliphatic carbocycles. The highest BCUT2D eigenvalue weighted by molar-refractivity contribution is 7.18. The summed E-state index contributed by atoms with van der Waals surface area (Å²) in [5, 5.41) is 1.18. The van der Waals surface area contributed by atoms with Crippen LogP contribution < -0.4 is 0 Å². The van der Waals surface area contributed by atoms with Crippen LogP contribution in [0.4, 0.5) is 0 Å². The Hall–Kier alpha value is -2.50. The van der Waals surface area contributed by atoms with Gasteiger partial charge in [-0.15, -0.1) is 11.3 Å². The molecule has 2 aromatic carbocycles. The largest absolute Gasteiger partial charge is 0.341 e. The van der Waals surface area contributed by atoms with E-state index in [9.17, 15) is 4.79 Å². The lowest BCUT2D eigenvalue weighted by molar-refractivity contribution is -0.133. The maximum Gasteiger partial charge on any atom is 0.236 e. The van der Waals surface area contributed by atoms with Gasteiger partial charge in [0, 0.05) is 32.1 Å². The number of benzene rings is 2. The van der Waals surface area contributed by atoms with Gasteiger partial charge in [-0.05, 0) is 42.5 Å². The molecular formula is C25H27N3OS. The molecule has 3 aromatic rings. The molecule has 4 nitrogen and oxygen atoms in total. The molecule has 1 saturated heterocycles. The molecule has 1 fully saturated rings. The highest BCUT2D eigenvalue weighted by Gasteiger charge is 2.28. The van der Waals surface area contributed by atoms with Crippen LogP contribution in [-0.2, 0) is 4.79 Å². The van der Waals surface area contributed by atoms with Crippen LogP contribution in [0.3, 0.4) is 0 Å². The van der Waals surface area contributed by atoms with E-state index in [1.807, 2.05) is 6.07 Å². The quantitative estimate of drug-likeness (QED) is 0.612. The molecule has 1 atom stereocenters. The van der Waals surface area contributed by atoms with Crippen LogP contribution >= 0.6 is 11.3 Å². The average molecular weight is 418 g/mol. The minimum Gasteiger partial charge on any atom is -0.341 e. The molecule has 2 aliphatic rings. The van der Waals surface area contributed by atoms with Gasteiger partial charge in [0.15, 0.2) is 0 Å². The molecule has 1 aromatic heterocycles. The molecule has 5 rings (SSSR count). The van der Waals surface area contributed by atoms with E-state index in [1.165, 1.54) is 20.8 Å². The third-order valence-corrected chi connectivity index (χ3v) is 7.43. The first-order chi connectivity index (χ1) is 14.8. The third kappa shape index (κ3) is 4.18. The van der Waals surface area contributed by atoms with Gasteiger partial charge in [-0.1, -0.05) is 48.5 Å². The van der Waals surface area contributed by atoms with Crippen LogP contribution in [-0.4, -0.2) is 53.4 Å². The summed E-state index contributed by atoms with van der Waals surface area (Å²) in [6.07, 6.45) is 5.47.